The van der Waals surface area contributed by atoms with Gasteiger partial charge in [-0.25, -0.2) is 13.4 Å². The summed E-state index contributed by atoms with van der Waals surface area (Å²) in [4.78, 5) is 7.42. The number of hydrogen-bond acceptors (Lipinski definition) is 5. The normalized spacial score (nSPS) is 12.3. The van der Waals surface area contributed by atoms with Crippen molar-refractivity contribution in [2.75, 3.05) is 11.4 Å². The molecule has 8 heteroatoms. The molecule has 0 aliphatic rings. The fourth-order valence-corrected chi connectivity index (χ4v) is 4.35. The molecule has 154 valence electrons. The van der Waals surface area contributed by atoms with E-state index in [-0.39, 0.29) is 22.1 Å². The molecular formula is C23H18N4O3S. The fraction of sp³-hybridized carbons (Fsp3) is 0.0435. The highest BCUT2D eigenvalue weighted by atomic mass is 32.2. The Labute approximate surface area is 179 Å². The second-order valence-corrected chi connectivity index (χ2v) is 8.74. The number of H-pyrrole nitrogens is 1. The summed E-state index contributed by atoms with van der Waals surface area (Å²) < 4.78 is 27.0. The molecule has 0 aliphatic carbocycles. The Morgan fingerprint density at radius 2 is 1.65 bits per heavy atom. The van der Waals surface area contributed by atoms with Crippen LogP contribution in [0.4, 0.5) is 5.69 Å². The first-order valence-electron chi connectivity index (χ1n) is 9.34. The van der Waals surface area contributed by atoms with Crippen LogP contribution >= 0.6 is 0 Å². The zero-order chi connectivity index (χ0) is 22.0. The smallest absolute Gasteiger partial charge is 0.264 e. The Morgan fingerprint density at radius 1 is 1.00 bits per heavy atom. The maximum absolute atomic E-state index is 12.9. The van der Waals surface area contributed by atoms with Crippen LogP contribution in [-0.4, -0.2) is 30.5 Å². The number of fused-ring (bicyclic) bond motifs is 1. The SMILES string of the molecule is CN(c1ccccc1)S(=O)(=O)c1ccc(/C(O)=C(\C#N)c2nc3ccccc3[nH]2)cc1. The molecule has 31 heavy (non-hydrogen) atoms. The summed E-state index contributed by atoms with van der Waals surface area (Å²) >= 11 is 0. The summed E-state index contributed by atoms with van der Waals surface area (Å²) in [7, 11) is -2.30. The van der Waals surface area contributed by atoms with Gasteiger partial charge in [0.1, 0.15) is 17.4 Å². The first-order chi connectivity index (χ1) is 14.9. The molecule has 1 heterocycles. The highest BCUT2D eigenvalue weighted by Gasteiger charge is 2.22. The number of benzene rings is 3. The van der Waals surface area contributed by atoms with Gasteiger partial charge < -0.3 is 10.1 Å². The number of nitrogens with one attached hydrogen (secondary N) is 1. The van der Waals surface area contributed by atoms with Gasteiger partial charge in [-0.2, -0.15) is 5.26 Å². The van der Waals surface area contributed by atoms with Gasteiger partial charge in [-0.15, -0.1) is 0 Å². The number of anilines is 1. The van der Waals surface area contributed by atoms with Gasteiger partial charge >= 0.3 is 0 Å². The average molecular weight is 430 g/mol. The van der Waals surface area contributed by atoms with Crippen LogP contribution in [0.5, 0.6) is 0 Å². The number of aliphatic hydroxyl groups is 1. The number of imidazole rings is 1. The second kappa shape index (κ2) is 7.97. The van der Waals surface area contributed by atoms with Gasteiger partial charge in [0.15, 0.2) is 5.82 Å². The highest BCUT2D eigenvalue weighted by Crippen LogP contribution is 2.27. The number of aromatic nitrogens is 2. The molecule has 0 saturated heterocycles. The molecule has 0 radical (unpaired) electrons. The standard InChI is InChI=1S/C23H18N4O3S/c1-27(17-7-3-2-4-8-17)31(29,30)18-13-11-16(12-14-18)22(28)19(15-24)23-25-20-9-5-6-10-21(20)26-23/h2-14,28H,1H3,(H,25,26)/b22-19-. The molecule has 3 aromatic carbocycles. The minimum Gasteiger partial charge on any atom is -0.506 e. The Balaban J connectivity index is 1.68. The minimum atomic E-state index is -3.78. The van der Waals surface area contributed by atoms with Crippen molar-refractivity contribution in [3.05, 3.63) is 90.3 Å². The van der Waals surface area contributed by atoms with E-state index in [1.807, 2.05) is 30.3 Å². The molecular weight excluding hydrogens is 412 g/mol. The lowest BCUT2D eigenvalue weighted by Gasteiger charge is -2.19. The predicted molar refractivity (Wildman–Crippen MR) is 120 cm³/mol. The number of para-hydroxylation sites is 3. The lowest BCUT2D eigenvalue weighted by Crippen LogP contribution is -2.26. The summed E-state index contributed by atoms with van der Waals surface area (Å²) in [6, 6.07) is 23.7. The molecule has 0 fully saturated rings. The van der Waals surface area contributed by atoms with Crippen molar-refractivity contribution < 1.29 is 13.5 Å². The van der Waals surface area contributed by atoms with Crippen molar-refractivity contribution in [3.63, 3.8) is 0 Å². The molecule has 0 bridgehead atoms. The predicted octanol–water partition coefficient (Wildman–Crippen LogP) is 4.34. The molecule has 1 aromatic heterocycles. The van der Waals surface area contributed by atoms with Crippen LogP contribution in [0.3, 0.4) is 0 Å². The van der Waals surface area contributed by atoms with E-state index in [9.17, 15) is 18.8 Å². The number of aromatic amines is 1. The molecule has 2 N–H and O–H groups in total. The Hall–Kier alpha value is -4.09. The van der Waals surface area contributed by atoms with Crippen LogP contribution in [0.1, 0.15) is 11.4 Å². The van der Waals surface area contributed by atoms with Gasteiger partial charge in [-0.1, -0.05) is 30.3 Å². The minimum absolute atomic E-state index is 0.0341. The molecule has 0 atom stereocenters. The third-order valence-corrected chi connectivity index (χ3v) is 6.68. The van der Waals surface area contributed by atoms with Crippen molar-refractivity contribution in [2.24, 2.45) is 0 Å². The van der Waals surface area contributed by atoms with Gasteiger partial charge in [0.2, 0.25) is 0 Å². The number of sulfonamides is 1. The third-order valence-electron chi connectivity index (χ3n) is 4.88. The number of hydrogen-bond donors (Lipinski definition) is 2. The lowest BCUT2D eigenvalue weighted by atomic mass is 10.1. The zero-order valence-electron chi connectivity index (χ0n) is 16.5. The molecule has 7 nitrogen and oxygen atoms in total. The summed E-state index contributed by atoms with van der Waals surface area (Å²) in [5, 5.41) is 20.3. The second-order valence-electron chi connectivity index (χ2n) is 6.77. The van der Waals surface area contributed by atoms with Crippen molar-refractivity contribution in [1.82, 2.24) is 9.97 Å². The lowest BCUT2D eigenvalue weighted by molar-refractivity contribution is 0.513. The van der Waals surface area contributed by atoms with Gasteiger partial charge in [0.05, 0.1) is 21.6 Å². The van der Waals surface area contributed by atoms with Gasteiger partial charge in [0.25, 0.3) is 10.0 Å². The number of aliphatic hydroxyl groups excluding tert-OH is 1. The zero-order valence-corrected chi connectivity index (χ0v) is 17.3. The maximum atomic E-state index is 12.9. The first-order valence-corrected chi connectivity index (χ1v) is 10.8. The summed E-state index contributed by atoms with van der Waals surface area (Å²) in [6.45, 7) is 0. The van der Waals surface area contributed by atoms with Crippen LogP contribution in [0.2, 0.25) is 0 Å². The van der Waals surface area contributed by atoms with E-state index in [2.05, 4.69) is 9.97 Å². The highest BCUT2D eigenvalue weighted by molar-refractivity contribution is 7.92. The molecule has 0 amide bonds. The number of rotatable bonds is 5. The molecule has 4 rings (SSSR count). The Kier molecular flexibility index (Phi) is 5.19. The van der Waals surface area contributed by atoms with Crippen LogP contribution in [-0.2, 0) is 10.0 Å². The van der Waals surface area contributed by atoms with E-state index < -0.39 is 10.0 Å². The van der Waals surface area contributed by atoms with Crippen molar-refractivity contribution in [3.8, 4) is 6.07 Å². The topological polar surface area (TPSA) is 110 Å². The maximum Gasteiger partial charge on any atom is 0.264 e. The van der Waals surface area contributed by atoms with E-state index in [0.29, 0.717) is 16.8 Å². The van der Waals surface area contributed by atoms with E-state index >= 15 is 0 Å². The van der Waals surface area contributed by atoms with Crippen molar-refractivity contribution >= 4 is 38.1 Å². The molecule has 0 saturated carbocycles. The van der Waals surface area contributed by atoms with Crippen molar-refractivity contribution in [1.29, 1.82) is 5.26 Å². The van der Waals surface area contributed by atoms with Crippen LogP contribution in [0.15, 0.2) is 83.8 Å². The fourth-order valence-electron chi connectivity index (χ4n) is 3.15. The summed E-state index contributed by atoms with van der Waals surface area (Å²) in [5.74, 6) is -0.0522. The Bertz CT molecular complexity index is 1380. The summed E-state index contributed by atoms with van der Waals surface area (Å²) in [5.41, 5.74) is 2.21. The molecule has 0 spiro atoms. The van der Waals surface area contributed by atoms with E-state index in [1.165, 1.54) is 35.6 Å². The largest absolute Gasteiger partial charge is 0.506 e. The Morgan fingerprint density at radius 3 is 2.29 bits per heavy atom. The number of allylic oxidation sites excluding steroid dienone is 1. The number of nitriles is 1. The van der Waals surface area contributed by atoms with E-state index in [1.54, 1.807) is 30.3 Å². The van der Waals surface area contributed by atoms with Crippen LogP contribution < -0.4 is 4.31 Å². The first kappa shape index (κ1) is 20.2. The monoisotopic (exact) mass is 430 g/mol. The van der Waals surface area contributed by atoms with Crippen LogP contribution in [0, 0.1) is 11.3 Å². The molecule has 4 aromatic rings. The van der Waals surface area contributed by atoms with Crippen molar-refractivity contribution in [2.45, 2.75) is 4.90 Å². The summed E-state index contributed by atoms with van der Waals surface area (Å²) in [6.07, 6.45) is 0. The van der Waals surface area contributed by atoms with Gasteiger partial charge in [-0.05, 0) is 48.5 Å². The molecule has 0 aliphatic heterocycles. The third kappa shape index (κ3) is 3.74. The van der Waals surface area contributed by atoms with Gasteiger partial charge in [0, 0.05) is 12.6 Å². The van der Waals surface area contributed by atoms with Gasteiger partial charge in [-0.3, -0.25) is 4.31 Å². The van der Waals surface area contributed by atoms with E-state index in [0.717, 1.165) is 5.52 Å². The van der Waals surface area contributed by atoms with E-state index in [4.69, 9.17) is 0 Å². The average Bonchev–Trinajstić information content (AvgIpc) is 3.23. The van der Waals surface area contributed by atoms with Crippen LogP contribution in [0.25, 0.3) is 22.4 Å². The molecule has 0 unspecified atom stereocenters. The quantitative estimate of drug-likeness (QED) is 0.362. The number of nitrogens with zero attached hydrogens (tertiary/aromatic N) is 3.